The Hall–Kier alpha value is -3.38. The topological polar surface area (TPSA) is 17.5 Å². The van der Waals surface area contributed by atoms with Crippen molar-refractivity contribution < 1.29 is 9.30 Å². The molecule has 2 heterocycles. The third kappa shape index (κ3) is 3.22. The molecule has 3 nitrogen and oxygen atoms in total. The van der Waals surface area contributed by atoms with E-state index in [9.17, 15) is 0 Å². The van der Waals surface area contributed by atoms with E-state index >= 15 is 0 Å². The summed E-state index contributed by atoms with van der Waals surface area (Å²) in [7, 11) is 2.10. The lowest BCUT2D eigenvalue weighted by atomic mass is 9.85. The van der Waals surface area contributed by atoms with E-state index in [1.165, 1.54) is 33.0 Å². The highest BCUT2D eigenvalue weighted by molar-refractivity contribution is 6.07. The number of nitrogens with zero attached hydrogens (tertiary/aromatic N) is 2. The zero-order valence-corrected chi connectivity index (χ0v) is 19.8. The molecule has 0 atom stereocenters. The summed E-state index contributed by atoms with van der Waals surface area (Å²) < 4.78 is 8.92. The standard InChI is InChI=1S/C29H29N2O/c1-17-10-22-11-20(14-29(3,4)5)13-24-26(22)25(18(17)2)27-28(32-24)23-12-19(15-30-6)8-9-21(23)16-31(27)7/h8-13,16H,14-15H2,1-5,7H3/q+1. The number of hydrogen-bond acceptors (Lipinski definition) is 1. The van der Waals surface area contributed by atoms with Gasteiger partial charge in [0.25, 0.3) is 5.69 Å². The molecule has 0 spiro atoms. The Bertz CT molecular complexity index is 1470. The number of ether oxygens (including phenoxy) is 1. The maximum Gasteiger partial charge on any atom is 0.257 e. The summed E-state index contributed by atoms with van der Waals surface area (Å²) in [6.45, 7) is 18.9. The van der Waals surface area contributed by atoms with E-state index in [1.807, 2.05) is 6.07 Å². The second-order valence-electron chi connectivity index (χ2n) is 10.4. The molecule has 1 aliphatic rings. The molecule has 3 heteroatoms. The Morgan fingerprint density at radius 2 is 1.78 bits per heavy atom. The molecular formula is C29H29N2O+. The van der Waals surface area contributed by atoms with Crippen molar-refractivity contribution in [1.82, 2.24) is 0 Å². The first-order valence-electron chi connectivity index (χ1n) is 11.2. The predicted molar refractivity (Wildman–Crippen MR) is 131 cm³/mol. The minimum atomic E-state index is 0.198. The maximum atomic E-state index is 7.28. The van der Waals surface area contributed by atoms with E-state index in [-0.39, 0.29) is 5.41 Å². The van der Waals surface area contributed by atoms with Gasteiger partial charge in [0.15, 0.2) is 6.20 Å². The number of aryl methyl sites for hydroxylation is 2. The summed E-state index contributed by atoms with van der Waals surface area (Å²) in [5.74, 6) is 1.84. The fourth-order valence-electron chi connectivity index (χ4n) is 5.06. The normalized spacial score (nSPS) is 12.5. The molecule has 0 N–H and O–H groups in total. The molecule has 1 aliphatic heterocycles. The molecule has 0 aliphatic carbocycles. The number of benzene rings is 3. The molecule has 0 radical (unpaired) electrons. The Kier molecular flexibility index (Phi) is 4.53. The Balaban J connectivity index is 1.87. The largest absolute Gasteiger partial charge is 0.449 e. The van der Waals surface area contributed by atoms with E-state index < -0.39 is 0 Å². The summed E-state index contributed by atoms with van der Waals surface area (Å²) in [6.07, 6.45) is 3.17. The predicted octanol–water partition coefficient (Wildman–Crippen LogP) is 7.21. The molecule has 4 aromatic rings. The van der Waals surface area contributed by atoms with Crippen LogP contribution < -0.4 is 9.30 Å². The second kappa shape index (κ2) is 7.07. The minimum Gasteiger partial charge on any atom is -0.449 e. The molecule has 5 rings (SSSR count). The Morgan fingerprint density at radius 1 is 1.00 bits per heavy atom. The van der Waals surface area contributed by atoms with Crippen molar-refractivity contribution in [1.29, 1.82) is 0 Å². The fourth-order valence-corrected chi connectivity index (χ4v) is 5.06. The van der Waals surface area contributed by atoms with Crippen LogP contribution in [0.25, 0.3) is 37.6 Å². The van der Waals surface area contributed by atoms with Crippen LogP contribution in [0.15, 0.2) is 42.6 Å². The minimum absolute atomic E-state index is 0.198. The first-order valence-corrected chi connectivity index (χ1v) is 11.2. The molecule has 0 unspecified atom stereocenters. The lowest BCUT2D eigenvalue weighted by molar-refractivity contribution is -0.659. The number of aromatic nitrogens is 1. The molecule has 160 valence electrons. The van der Waals surface area contributed by atoms with Crippen LogP contribution in [0.2, 0.25) is 0 Å². The average Bonchev–Trinajstić information content (AvgIpc) is 2.70. The van der Waals surface area contributed by atoms with Gasteiger partial charge < -0.3 is 9.58 Å². The summed E-state index contributed by atoms with van der Waals surface area (Å²) in [6, 6.07) is 13.1. The van der Waals surface area contributed by atoms with E-state index in [2.05, 4.69) is 87.6 Å². The Morgan fingerprint density at radius 3 is 2.50 bits per heavy atom. The monoisotopic (exact) mass is 421 g/mol. The number of pyridine rings is 1. The molecule has 3 aromatic carbocycles. The van der Waals surface area contributed by atoms with Gasteiger partial charge in [-0.3, -0.25) is 0 Å². The third-order valence-electron chi connectivity index (χ3n) is 6.49. The summed E-state index contributed by atoms with van der Waals surface area (Å²) in [5.41, 5.74) is 7.48. The molecule has 32 heavy (non-hydrogen) atoms. The van der Waals surface area contributed by atoms with Crippen LogP contribution in [-0.4, -0.2) is 0 Å². The quantitative estimate of drug-likeness (QED) is 0.217. The summed E-state index contributed by atoms with van der Waals surface area (Å²) >= 11 is 0. The third-order valence-corrected chi connectivity index (χ3v) is 6.49. The highest BCUT2D eigenvalue weighted by Crippen LogP contribution is 2.50. The van der Waals surface area contributed by atoms with Crippen molar-refractivity contribution >= 4 is 21.5 Å². The van der Waals surface area contributed by atoms with Crippen molar-refractivity contribution in [2.75, 3.05) is 0 Å². The van der Waals surface area contributed by atoms with Gasteiger partial charge in [-0.2, -0.15) is 4.57 Å². The summed E-state index contributed by atoms with van der Waals surface area (Å²) in [5, 5.41) is 4.63. The zero-order valence-electron chi connectivity index (χ0n) is 19.8. The van der Waals surface area contributed by atoms with Gasteiger partial charge in [-0.15, -0.1) is 0 Å². The van der Waals surface area contributed by atoms with E-state index in [4.69, 9.17) is 11.3 Å². The second-order valence-corrected chi connectivity index (χ2v) is 10.4. The van der Waals surface area contributed by atoms with Gasteiger partial charge in [-0.1, -0.05) is 39.0 Å². The van der Waals surface area contributed by atoms with Crippen molar-refractivity contribution in [3.05, 3.63) is 76.3 Å². The van der Waals surface area contributed by atoms with Crippen LogP contribution in [0, 0.1) is 25.8 Å². The van der Waals surface area contributed by atoms with Crippen LogP contribution >= 0.6 is 0 Å². The molecule has 0 fully saturated rings. The lowest BCUT2D eigenvalue weighted by Crippen LogP contribution is -2.32. The first-order chi connectivity index (χ1) is 15.2. The number of fused-ring (bicyclic) bond motifs is 4. The molecule has 0 amide bonds. The highest BCUT2D eigenvalue weighted by atomic mass is 16.5. The molecular weight excluding hydrogens is 392 g/mol. The van der Waals surface area contributed by atoms with Crippen LogP contribution in [-0.2, 0) is 20.0 Å². The number of hydrogen-bond donors (Lipinski definition) is 0. The van der Waals surface area contributed by atoms with Crippen LogP contribution in [0.5, 0.6) is 11.5 Å². The fraction of sp³-hybridized carbons (Fsp3) is 0.310. The maximum absolute atomic E-state index is 7.28. The van der Waals surface area contributed by atoms with Gasteiger partial charge in [0.2, 0.25) is 12.3 Å². The molecule has 0 saturated carbocycles. The van der Waals surface area contributed by atoms with E-state index in [0.717, 1.165) is 39.9 Å². The van der Waals surface area contributed by atoms with Crippen molar-refractivity contribution in [2.45, 2.75) is 47.6 Å². The van der Waals surface area contributed by atoms with Gasteiger partial charge in [-0.25, -0.2) is 6.57 Å². The first kappa shape index (κ1) is 20.5. The SMILES string of the molecule is [C-]#[N+]Cc1ccc2c[n+](C)c3c(c2c1)Oc1cc(CC(C)(C)C)cc2cc(C)c(C)c-3c12. The van der Waals surface area contributed by atoms with Gasteiger partial charge in [0.1, 0.15) is 12.8 Å². The van der Waals surface area contributed by atoms with Gasteiger partial charge in [0.05, 0.1) is 5.56 Å². The molecule has 0 bridgehead atoms. The summed E-state index contributed by atoms with van der Waals surface area (Å²) in [4.78, 5) is 3.58. The highest BCUT2D eigenvalue weighted by Gasteiger charge is 2.32. The van der Waals surface area contributed by atoms with Crippen LogP contribution in [0.3, 0.4) is 0 Å². The van der Waals surface area contributed by atoms with Gasteiger partial charge >= 0.3 is 0 Å². The van der Waals surface area contributed by atoms with E-state index in [1.54, 1.807) is 0 Å². The van der Waals surface area contributed by atoms with Crippen LogP contribution in [0.4, 0.5) is 0 Å². The van der Waals surface area contributed by atoms with E-state index in [0.29, 0.717) is 6.54 Å². The van der Waals surface area contributed by atoms with Gasteiger partial charge in [0, 0.05) is 21.7 Å². The molecule has 0 saturated heterocycles. The van der Waals surface area contributed by atoms with Crippen molar-refractivity contribution in [2.24, 2.45) is 12.5 Å². The van der Waals surface area contributed by atoms with Crippen molar-refractivity contribution in [3.63, 3.8) is 0 Å². The zero-order chi connectivity index (χ0) is 22.8. The lowest BCUT2D eigenvalue weighted by Gasteiger charge is -2.25. The van der Waals surface area contributed by atoms with Crippen molar-refractivity contribution in [3.8, 4) is 22.8 Å². The van der Waals surface area contributed by atoms with Gasteiger partial charge in [-0.05, 0) is 66.0 Å². The molecule has 1 aromatic heterocycles. The van der Waals surface area contributed by atoms with Crippen LogP contribution in [0.1, 0.15) is 43.0 Å². The smallest absolute Gasteiger partial charge is 0.257 e. The number of rotatable bonds is 2. The average molecular weight is 422 g/mol. The Labute approximate surface area is 190 Å².